The SMILES string of the molecule is CC(NC1CCN(C)C1)c1ccc2c(c1)CCC2. The molecule has 1 aromatic rings. The molecule has 2 atom stereocenters. The predicted octanol–water partition coefficient (Wildman–Crippen LogP) is 2.53. The molecule has 0 radical (unpaired) electrons. The Morgan fingerprint density at radius 2 is 2.11 bits per heavy atom. The van der Waals surface area contributed by atoms with Crippen LogP contribution in [0.5, 0.6) is 0 Å². The Hall–Kier alpha value is -0.860. The Bertz CT molecular complexity index is 427. The molecule has 0 spiro atoms. The highest BCUT2D eigenvalue weighted by atomic mass is 15.2. The van der Waals surface area contributed by atoms with Crippen LogP contribution in [0.1, 0.15) is 42.5 Å². The average molecular weight is 244 g/mol. The van der Waals surface area contributed by atoms with Crippen LogP contribution in [0.3, 0.4) is 0 Å². The van der Waals surface area contributed by atoms with Gasteiger partial charge in [-0.2, -0.15) is 0 Å². The van der Waals surface area contributed by atoms with Crippen molar-refractivity contribution in [3.8, 4) is 0 Å². The van der Waals surface area contributed by atoms with Gasteiger partial charge in [0.2, 0.25) is 0 Å². The molecule has 3 rings (SSSR count). The van der Waals surface area contributed by atoms with Gasteiger partial charge in [0.05, 0.1) is 0 Å². The third-order valence-corrected chi connectivity index (χ3v) is 4.50. The van der Waals surface area contributed by atoms with E-state index in [4.69, 9.17) is 0 Å². The molecule has 2 heteroatoms. The molecule has 1 aliphatic heterocycles. The fourth-order valence-electron chi connectivity index (χ4n) is 3.38. The zero-order valence-corrected chi connectivity index (χ0v) is 11.6. The van der Waals surface area contributed by atoms with Crippen LogP contribution in [-0.4, -0.2) is 31.1 Å². The van der Waals surface area contributed by atoms with Crippen molar-refractivity contribution in [1.82, 2.24) is 10.2 Å². The summed E-state index contributed by atoms with van der Waals surface area (Å²) in [7, 11) is 2.21. The van der Waals surface area contributed by atoms with Crippen LogP contribution < -0.4 is 5.32 Å². The highest BCUT2D eigenvalue weighted by Gasteiger charge is 2.21. The van der Waals surface area contributed by atoms with E-state index in [0.717, 1.165) is 0 Å². The highest BCUT2D eigenvalue weighted by Crippen LogP contribution is 2.26. The number of nitrogens with one attached hydrogen (secondary N) is 1. The lowest BCUT2D eigenvalue weighted by molar-refractivity contribution is 0.387. The molecule has 1 fully saturated rings. The highest BCUT2D eigenvalue weighted by molar-refractivity contribution is 5.36. The molecule has 18 heavy (non-hydrogen) atoms. The standard InChI is InChI=1S/C16H24N2/c1-12(17-16-8-9-18(2)11-16)14-7-6-13-4-3-5-15(13)10-14/h6-7,10,12,16-17H,3-5,8-9,11H2,1-2H3. The first-order valence-electron chi connectivity index (χ1n) is 7.28. The fraction of sp³-hybridized carbons (Fsp3) is 0.625. The maximum absolute atomic E-state index is 3.78. The molecule has 1 saturated heterocycles. The Morgan fingerprint density at radius 3 is 2.89 bits per heavy atom. The third-order valence-electron chi connectivity index (χ3n) is 4.50. The van der Waals surface area contributed by atoms with Crippen molar-refractivity contribution in [3.63, 3.8) is 0 Å². The van der Waals surface area contributed by atoms with Gasteiger partial charge in [0, 0.05) is 18.6 Å². The quantitative estimate of drug-likeness (QED) is 0.879. The van der Waals surface area contributed by atoms with E-state index in [1.54, 1.807) is 11.1 Å². The number of aryl methyl sites for hydroxylation is 2. The maximum atomic E-state index is 3.78. The van der Waals surface area contributed by atoms with Crippen LogP contribution in [0.4, 0.5) is 0 Å². The summed E-state index contributed by atoms with van der Waals surface area (Å²) in [5.74, 6) is 0. The Kier molecular flexibility index (Phi) is 3.40. The number of fused-ring (bicyclic) bond motifs is 1. The second kappa shape index (κ2) is 5.02. The topological polar surface area (TPSA) is 15.3 Å². The second-order valence-electron chi connectivity index (χ2n) is 6.02. The molecule has 0 aromatic heterocycles. The monoisotopic (exact) mass is 244 g/mol. The van der Waals surface area contributed by atoms with Gasteiger partial charge in [0.25, 0.3) is 0 Å². The molecule has 2 nitrogen and oxygen atoms in total. The molecule has 1 aromatic carbocycles. The van der Waals surface area contributed by atoms with Gasteiger partial charge in [0.1, 0.15) is 0 Å². The van der Waals surface area contributed by atoms with Gasteiger partial charge >= 0.3 is 0 Å². The summed E-state index contributed by atoms with van der Waals surface area (Å²) < 4.78 is 0. The molecule has 0 amide bonds. The van der Waals surface area contributed by atoms with Crippen LogP contribution in [-0.2, 0) is 12.8 Å². The number of likely N-dealkylation sites (tertiary alicyclic amines) is 1. The summed E-state index contributed by atoms with van der Waals surface area (Å²) >= 11 is 0. The lowest BCUT2D eigenvalue weighted by Gasteiger charge is -2.20. The Balaban J connectivity index is 1.67. The summed E-state index contributed by atoms with van der Waals surface area (Å²) in [6.07, 6.45) is 5.19. The van der Waals surface area contributed by atoms with Crippen molar-refractivity contribution < 1.29 is 0 Å². The van der Waals surface area contributed by atoms with Crippen molar-refractivity contribution in [2.45, 2.75) is 44.7 Å². The molecule has 1 N–H and O–H groups in total. The molecule has 0 saturated carbocycles. The number of hydrogen-bond acceptors (Lipinski definition) is 2. The van der Waals surface area contributed by atoms with E-state index in [1.807, 2.05) is 0 Å². The first-order chi connectivity index (χ1) is 8.72. The first-order valence-corrected chi connectivity index (χ1v) is 7.28. The van der Waals surface area contributed by atoms with E-state index in [-0.39, 0.29) is 0 Å². The third kappa shape index (κ3) is 2.45. The minimum atomic E-state index is 0.479. The van der Waals surface area contributed by atoms with Crippen LogP contribution in [0, 0.1) is 0 Å². The minimum absolute atomic E-state index is 0.479. The summed E-state index contributed by atoms with van der Waals surface area (Å²) in [6, 6.07) is 8.24. The summed E-state index contributed by atoms with van der Waals surface area (Å²) in [4.78, 5) is 2.41. The van der Waals surface area contributed by atoms with Crippen molar-refractivity contribution in [2.75, 3.05) is 20.1 Å². The van der Waals surface area contributed by atoms with Crippen molar-refractivity contribution in [1.29, 1.82) is 0 Å². The van der Waals surface area contributed by atoms with Crippen LogP contribution in [0.15, 0.2) is 18.2 Å². The van der Waals surface area contributed by atoms with Crippen LogP contribution in [0.25, 0.3) is 0 Å². The van der Waals surface area contributed by atoms with E-state index in [9.17, 15) is 0 Å². The van der Waals surface area contributed by atoms with E-state index in [2.05, 4.69) is 42.4 Å². The van der Waals surface area contributed by atoms with Crippen molar-refractivity contribution in [2.24, 2.45) is 0 Å². The predicted molar refractivity (Wildman–Crippen MR) is 75.9 cm³/mol. The van der Waals surface area contributed by atoms with Crippen LogP contribution in [0.2, 0.25) is 0 Å². The zero-order valence-electron chi connectivity index (χ0n) is 11.6. The van der Waals surface area contributed by atoms with Gasteiger partial charge in [-0.05, 0) is 62.9 Å². The zero-order chi connectivity index (χ0) is 12.5. The van der Waals surface area contributed by atoms with Gasteiger partial charge in [-0.25, -0.2) is 0 Å². The normalized spacial score (nSPS) is 25.3. The molecule has 1 aliphatic carbocycles. The molecule has 1 heterocycles. The Labute approximate surface area is 110 Å². The summed E-state index contributed by atoms with van der Waals surface area (Å²) in [5, 5.41) is 3.78. The summed E-state index contributed by atoms with van der Waals surface area (Å²) in [5.41, 5.74) is 4.63. The van der Waals surface area contributed by atoms with Crippen LogP contribution >= 0.6 is 0 Å². The van der Waals surface area contributed by atoms with Crippen molar-refractivity contribution >= 4 is 0 Å². The minimum Gasteiger partial charge on any atom is -0.306 e. The fourth-order valence-corrected chi connectivity index (χ4v) is 3.38. The average Bonchev–Trinajstić information content (AvgIpc) is 2.96. The molecule has 98 valence electrons. The smallest absolute Gasteiger partial charge is 0.0294 e. The number of rotatable bonds is 3. The van der Waals surface area contributed by atoms with Gasteiger partial charge in [0.15, 0.2) is 0 Å². The largest absolute Gasteiger partial charge is 0.306 e. The van der Waals surface area contributed by atoms with Gasteiger partial charge in [-0.15, -0.1) is 0 Å². The van der Waals surface area contributed by atoms with Gasteiger partial charge < -0.3 is 10.2 Å². The second-order valence-corrected chi connectivity index (χ2v) is 6.02. The lowest BCUT2D eigenvalue weighted by atomic mass is 10.0. The van der Waals surface area contributed by atoms with Crippen molar-refractivity contribution in [3.05, 3.63) is 34.9 Å². The number of nitrogens with zero attached hydrogens (tertiary/aromatic N) is 1. The van der Waals surface area contributed by atoms with Gasteiger partial charge in [-0.3, -0.25) is 0 Å². The summed E-state index contributed by atoms with van der Waals surface area (Å²) in [6.45, 7) is 4.72. The maximum Gasteiger partial charge on any atom is 0.0294 e. The molecule has 0 bridgehead atoms. The molecular formula is C16H24N2. The first kappa shape index (κ1) is 12.2. The number of benzene rings is 1. The lowest BCUT2D eigenvalue weighted by Crippen LogP contribution is -2.33. The molecular weight excluding hydrogens is 220 g/mol. The van der Waals surface area contributed by atoms with E-state index in [0.29, 0.717) is 12.1 Å². The van der Waals surface area contributed by atoms with Gasteiger partial charge in [-0.1, -0.05) is 18.2 Å². The molecule has 2 aliphatic rings. The van der Waals surface area contributed by atoms with E-state index in [1.165, 1.54) is 44.3 Å². The number of hydrogen-bond donors (Lipinski definition) is 1. The number of likely N-dealkylation sites (N-methyl/N-ethyl adjacent to an activating group) is 1. The van der Waals surface area contributed by atoms with E-state index < -0.39 is 0 Å². The Morgan fingerprint density at radius 1 is 1.28 bits per heavy atom. The van der Waals surface area contributed by atoms with E-state index >= 15 is 0 Å². The molecule has 2 unspecified atom stereocenters.